The molecule has 0 fully saturated rings. The zero-order valence-corrected chi connectivity index (χ0v) is 14.0. The maximum absolute atomic E-state index is 10.1. The summed E-state index contributed by atoms with van der Waals surface area (Å²) in [7, 11) is 6.22. The maximum Gasteiger partial charge on any atom is 0.137 e. The van der Waals surface area contributed by atoms with Crippen molar-refractivity contribution in [1.82, 2.24) is 0 Å². The largest absolute Gasteiger partial charge is 0.492 e. The van der Waals surface area contributed by atoms with Crippen LogP contribution in [0.25, 0.3) is 28.0 Å². The number of aliphatic hydroxyl groups excluding tert-OH is 1. The van der Waals surface area contributed by atoms with Gasteiger partial charge in [-0.15, -0.1) is 0 Å². The van der Waals surface area contributed by atoms with E-state index in [0.717, 1.165) is 27.6 Å². The van der Waals surface area contributed by atoms with Gasteiger partial charge in [0.2, 0.25) is 0 Å². The Morgan fingerprint density at radius 2 is 1.80 bits per heavy atom. The number of ether oxygens (including phenoxy) is 1. The van der Waals surface area contributed by atoms with Gasteiger partial charge >= 0.3 is 0 Å². The SMILES string of the molecule is [B]C1(C)C=Cc2c3c(c4ccccc4c2O1)-c1ccccc1C3CO. The van der Waals surface area contributed by atoms with Crippen molar-refractivity contribution in [2.24, 2.45) is 0 Å². The fourth-order valence-electron chi connectivity index (χ4n) is 4.25. The molecule has 0 saturated carbocycles. The van der Waals surface area contributed by atoms with Crippen molar-refractivity contribution in [2.45, 2.75) is 18.3 Å². The molecular formula is C22H17BO2. The minimum absolute atomic E-state index is 0.0417. The molecule has 0 amide bonds. The average molecular weight is 324 g/mol. The summed E-state index contributed by atoms with van der Waals surface area (Å²) >= 11 is 0. The van der Waals surface area contributed by atoms with Crippen molar-refractivity contribution in [3.05, 3.63) is 71.3 Å². The molecule has 3 heteroatoms. The van der Waals surface area contributed by atoms with E-state index >= 15 is 0 Å². The highest BCUT2D eigenvalue weighted by atomic mass is 16.5. The summed E-state index contributed by atoms with van der Waals surface area (Å²) in [6.07, 6.45) is 3.94. The van der Waals surface area contributed by atoms with Crippen LogP contribution >= 0.6 is 0 Å². The molecule has 120 valence electrons. The molecule has 5 rings (SSSR count). The Balaban J connectivity index is 1.97. The number of fused-ring (bicyclic) bond motifs is 8. The second-order valence-corrected chi connectivity index (χ2v) is 7.02. The first kappa shape index (κ1) is 14.8. The molecule has 1 aliphatic heterocycles. The van der Waals surface area contributed by atoms with Crippen LogP contribution in [-0.4, -0.2) is 25.1 Å². The van der Waals surface area contributed by atoms with Gasteiger partial charge < -0.3 is 9.84 Å². The first-order chi connectivity index (χ1) is 12.1. The van der Waals surface area contributed by atoms with E-state index in [4.69, 9.17) is 12.6 Å². The van der Waals surface area contributed by atoms with Gasteiger partial charge in [-0.2, -0.15) is 0 Å². The molecule has 2 aliphatic rings. The zero-order valence-electron chi connectivity index (χ0n) is 14.0. The van der Waals surface area contributed by atoms with Crippen molar-refractivity contribution in [2.75, 3.05) is 6.61 Å². The third-order valence-corrected chi connectivity index (χ3v) is 5.28. The van der Waals surface area contributed by atoms with E-state index in [1.807, 2.05) is 31.2 Å². The fraction of sp³-hybridized carbons (Fsp3) is 0.182. The summed E-state index contributed by atoms with van der Waals surface area (Å²) in [6.45, 7) is 1.93. The highest BCUT2D eigenvalue weighted by Gasteiger charge is 2.35. The molecule has 0 aromatic heterocycles. The van der Waals surface area contributed by atoms with E-state index in [9.17, 15) is 5.11 Å². The Kier molecular flexibility index (Phi) is 2.96. The van der Waals surface area contributed by atoms with E-state index in [1.165, 1.54) is 16.7 Å². The average Bonchev–Trinajstić information content (AvgIpc) is 2.95. The summed E-state index contributed by atoms with van der Waals surface area (Å²) in [5.74, 6) is 0.771. The van der Waals surface area contributed by atoms with Gasteiger partial charge in [-0.05, 0) is 34.6 Å². The Morgan fingerprint density at radius 3 is 2.60 bits per heavy atom. The van der Waals surface area contributed by atoms with Crippen LogP contribution in [0.5, 0.6) is 5.75 Å². The molecule has 25 heavy (non-hydrogen) atoms. The number of rotatable bonds is 1. The van der Waals surface area contributed by atoms with Gasteiger partial charge in [0.05, 0.1) is 12.1 Å². The van der Waals surface area contributed by atoms with Crippen molar-refractivity contribution in [1.29, 1.82) is 0 Å². The highest BCUT2D eigenvalue weighted by Crippen LogP contribution is 2.54. The summed E-state index contributed by atoms with van der Waals surface area (Å²) < 4.78 is 6.16. The molecule has 0 spiro atoms. The first-order valence-electron chi connectivity index (χ1n) is 8.56. The monoisotopic (exact) mass is 324 g/mol. The predicted octanol–water partition coefficient (Wildman–Crippen LogP) is 4.23. The van der Waals surface area contributed by atoms with Gasteiger partial charge in [-0.25, -0.2) is 0 Å². The minimum atomic E-state index is -0.829. The lowest BCUT2D eigenvalue weighted by Crippen LogP contribution is -2.32. The lowest BCUT2D eigenvalue weighted by Gasteiger charge is -2.31. The molecule has 1 N–H and O–H groups in total. The Bertz CT molecular complexity index is 1050. The van der Waals surface area contributed by atoms with Gasteiger partial charge in [-0.1, -0.05) is 60.7 Å². The Labute approximate surface area is 148 Å². The topological polar surface area (TPSA) is 29.5 Å². The molecule has 2 unspecified atom stereocenters. The van der Waals surface area contributed by atoms with Crippen LogP contribution in [0.15, 0.2) is 54.6 Å². The zero-order chi connectivity index (χ0) is 17.2. The molecule has 0 bridgehead atoms. The number of aliphatic hydroxyl groups is 1. The third-order valence-electron chi connectivity index (χ3n) is 5.28. The minimum Gasteiger partial charge on any atom is -0.492 e. The van der Waals surface area contributed by atoms with Crippen molar-refractivity contribution < 1.29 is 9.84 Å². The molecule has 0 saturated heterocycles. The third kappa shape index (κ3) is 1.96. The number of hydrogen-bond acceptors (Lipinski definition) is 2. The highest BCUT2D eigenvalue weighted by molar-refractivity contribution is 6.17. The molecule has 1 heterocycles. The molecule has 2 nitrogen and oxygen atoms in total. The second-order valence-electron chi connectivity index (χ2n) is 7.02. The van der Waals surface area contributed by atoms with Gasteiger partial charge in [0.15, 0.2) is 0 Å². The number of hydrogen-bond donors (Lipinski definition) is 1. The number of benzene rings is 3. The maximum atomic E-state index is 10.1. The van der Waals surface area contributed by atoms with E-state index in [-0.39, 0.29) is 12.5 Å². The van der Waals surface area contributed by atoms with Gasteiger partial charge in [0.1, 0.15) is 13.6 Å². The van der Waals surface area contributed by atoms with Crippen LogP contribution in [0, 0.1) is 0 Å². The van der Waals surface area contributed by atoms with Crippen molar-refractivity contribution in [3.63, 3.8) is 0 Å². The second kappa shape index (κ2) is 4.99. The van der Waals surface area contributed by atoms with Gasteiger partial charge in [-0.3, -0.25) is 0 Å². The lowest BCUT2D eigenvalue weighted by atomic mass is 9.79. The summed E-state index contributed by atoms with van der Waals surface area (Å²) in [6, 6.07) is 16.6. The quantitative estimate of drug-likeness (QED) is 0.679. The summed E-state index contributed by atoms with van der Waals surface area (Å²) in [5, 5.41) is 12.4. The fourth-order valence-corrected chi connectivity index (χ4v) is 4.25. The molecule has 2 atom stereocenters. The molecular weight excluding hydrogens is 307 g/mol. The van der Waals surface area contributed by atoms with Crippen LogP contribution in [0.1, 0.15) is 29.5 Å². The van der Waals surface area contributed by atoms with Crippen molar-refractivity contribution >= 4 is 24.7 Å². The smallest absolute Gasteiger partial charge is 0.137 e. The normalized spacial score (nSPS) is 23.0. The molecule has 2 radical (unpaired) electrons. The van der Waals surface area contributed by atoms with E-state index in [1.54, 1.807) is 0 Å². The van der Waals surface area contributed by atoms with Crippen LogP contribution in [-0.2, 0) is 0 Å². The van der Waals surface area contributed by atoms with E-state index < -0.39 is 5.50 Å². The van der Waals surface area contributed by atoms with Crippen LogP contribution in [0.3, 0.4) is 0 Å². The summed E-state index contributed by atoms with van der Waals surface area (Å²) in [5.41, 5.74) is 4.93. The van der Waals surface area contributed by atoms with Crippen LogP contribution < -0.4 is 4.74 Å². The molecule has 3 aromatic rings. The van der Waals surface area contributed by atoms with Gasteiger partial charge in [0, 0.05) is 16.9 Å². The van der Waals surface area contributed by atoms with Crippen LogP contribution in [0.2, 0.25) is 0 Å². The van der Waals surface area contributed by atoms with E-state index in [0.29, 0.717) is 0 Å². The molecule has 3 aromatic carbocycles. The Morgan fingerprint density at radius 1 is 1.08 bits per heavy atom. The Hall–Kier alpha value is -2.52. The predicted molar refractivity (Wildman–Crippen MR) is 102 cm³/mol. The van der Waals surface area contributed by atoms with E-state index in [2.05, 4.69) is 36.4 Å². The van der Waals surface area contributed by atoms with Crippen LogP contribution in [0.4, 0.5) is 0 Å². The summed E-state index contributed by atoms with van der Waals surface area (Å²) in [4.78, 5) is 0. The lowest BCUT2D eigenvalue weighted by molar-refractivity contribution is 0.226. The van der Waals surface area contributed by atoms with Crippen molar-refractivity contribution in [3.8, 4) is 16.9 Å². The van der Waals surface area contributed by atoms with Gasteiger partial charge in [0.25, 0.3) is 0 Å². The standard InChI is InChI=1S/C22H17BO2/c1-22(23)11-10-17-20-18(12-24)13-6-2-3-7-14(13)19(20)15-8-4-5-9-16(15)21(17)25-22/h2-11,18,24H,12H2,1H3. The molecule has 1 aliphatic carbocycles. The first-order valence-corrected chi connectivity index (χ1v) is 8.56.